The highest BCUT2D eigenvalue weighted by Crippen LogP contribution is 2.28. The van der Waals surface area contributed by atoms with Gasteiger partial charge in [0.1, 0.15) is 5.56 Å². The molecule has 2 aromatic rings. The number of benzene rings is 1. The number of anilines is 2. The van der Waals surface area contributed by atoms with Crippen molar-refractivity contribution in [1.29, 1.82) is 0 Å². The fraction of sp³-hybridized carbons (Fsp3) is 0.0769. The zero-order valence-electron chi connectivity index (χ0n) is 9.95. The monoisotopic (exact) mass is 340 g/mol. The van der Waals surface area contributed by atoms with Crippen LogP contribution < -0.4 is 5.32 Å². The van der Waals surface area contributed by atoms with Crippen molar-refractivity contribution in [2.45, 2.75) is 6.92 Å². The maximum absolute atomic E-state index is 11.1. The van der Waals surface area contributed by atoms with Crippen LogP contribution in [0.5, 0.6) is 0 Å². The van der Waals surface area contributed by atoms with E-state index >= 15 is 0 Å². The predicted molar refractivity (Wildman–Crippen MR) is 78.4 cm³/mol. The highest BCUT2D eigenvalue weighted by Gasteiger charge is 2.11. The average Bonchev–Trinajstić information content (AvgIpc) is 2.33. The number of aromatic nitrogens is 1. The molecule has 1 heterocycles. The molecule has 4 nitrogen and oxygen atoms in total. The Bertz CT molecular complexity index is 647. The van der Waals surface area contributed by atoms with E-state index in [4.69, 9.17) is 16.7 Å². The number of hydrogen-bond donors (Lipinski definition) is 2. The van der Waals surface area contributed by atoms with Crippen molar-refractivity contribution in [1.82, 2.24) is 4.98 Å². The molecule has 0 radical (unpaired) electrons. The minimum atomic E-state index is -1.03. The van der Waals surface area contributed by atoms with E-state index in [1.165, 1.54) is 6.20 Å². The van der Waals surface area contributed by atoms with Gasteiger partial charge in [-0.3, -0.25) is 4.98 Å². The number of aromatic carboxylic acids is 1. The summed E-state index contributed by atoms with van der Waals surface area (Å²) >= 11 is 9.30. The SMILES string of the molecule is Cc1cc(Nc2ccc(Br)c(Cl)c2)c(C(=O)O)cn1. The van der Waals surface area contributed by atoms with Crippen molar-refractivity contribution < 1.29 is 9.90 Å². The standard InChI is InChI=1S/C13H10BrClN2O2/c1-7-4-12(9(6-16-7)13(18)19)17-8-2-3-10(14)11(15)5-8/h2-6H,1H3,(H,16,17)(H,18,19). The molecule has 2 N–H and O–H groups in total. The number of nitrogens with one attached hydrogen (secondary N) is 1. The molecule has 0 aliphatic heterocycles. The molecule has 0 spiro atoms. The number of carboxylic acids is 1. The van der Waals surface area contributed by atoms with Crippen LogP contribution in [-0.2, 0) is 0 Å². The maximum Gasteiger partial charge on any atom is 0.339 e. The average molecular weight is 342 g/mol. The lowest BCUT2D eigenvalue weighted by Crippen LogP contribution is -2.04. The number of halogens is 2. The summed E-state index contributed by atoms with van der Waals surface area (Å²) in [5.41, 5.74) is 2.04. The van der Waals surface area contributed by atoms with Crippen LogP contribution in [-0.4, -0.2) is 16.1 Å². The predicted octanol–water partition coefficient (Wildman–Crippen LogP) is 4.25. The first-order valence-corrected chi connectivity index (χ1v) is 6.56. The van der Waals surface area contributed by atoms with E-state index in [0.29, 0.717) is 16.4 Å². The van der Waals surface area contributed by atoms with Gasteiger partial charge in [0.05, 0.1) is 10.7 Å². The summed E-state index contributed by atoms with van der Waals surface area (Å²) in [5.74, 6) is -1.03. The van der Waals surface area contributed by atoms with Gasteiger partial charge in [0.2, 0.25) is 0 Å². The van der Waals surface area contributed by atoms with Crippen molar-refractivity contribution in [3.8, 4) is 0 Å². The fourth-order valence-electron chi connectivity index (χ4n) is 1.56. The molecule has 0 saturated carbocycles. The van der Waals surface area contributed by atoms with Gasteiger partial charge in [-0.15, -0.1) is 0 Å². The molecule has 0 atom stereocenters. The van der Waals surface area contributed by atoms with Gasteiger partial charge in [0.25, 0.3) is 0 Å². The van der Waals surface area contributed by atoms with Crippen LogP contribution >= 0.6 is 27.5 Å². The molecule has 0 aliphatic rings. The van der Waals surface area contributed by atoms with E-state index in [-0.39, 0.29) is 5.56 Å². The molecular weight excluding hydrogens is 332 g/mol. The highest BCUT2D eigenvalue weighted by atomic mass is 79.9. The van der Waals surface area contributed by atoms with Gasteiger partial charge in [-0.2, -0.15) is 0 Å². The van der Waals surface area contributed by atoms with Crippen LogP contribution in [0.25, 0.3) is 0 Å². The van der Waals surface area contributed by atoms with Crippen LogP contribution in [0.4, 0.5) is 11.4 Å². The van der Waals surface area contributed by atoms with Crippen LogP contribution in [0.1, 0.15) is 16.1 Å². The Hall–Kier alpha value is -1.59. The number of carboxylic acid groups (broad SMARTS) is 1. The minimum absolute atomic E-state index is 0.115. The number of carbonyl (C=O) groups is 1. The van der Waals surface area contributed by atoms with E-state index in [1.807, 2.05) is 0 Å². The van der Waals surface area contributed by atoms with Crippen LogP contribution in [0, 0.1) is 6.92 Å². The molecule has 6 heteroatoms. The van der Waals surface area contributed by atoms with E-state index in [9.17, 15) is 4.79 Å². The summed E-state index contributed by atoms with van der Waals surface area (Å²) in [6.45, 7) is 1.80. The third-order valence-corrected chi connectivity index (χ3v) is 3.70. The number of aryl methyl sites for hydroxylation is 1. The zero-order chi connectivity index (χ0) is 14.0. The Morgan fingerprint density at radius 1 is 1.42 bits per heavy atom. The Balaban J connectivity index is 2.39. The van der Waals surface area contributed by atoms with Crippen molar-refractivity contribution in [3.05, 3.63) is 51.2 Å². The quantitative estimate of drug-likeness (QED) is 0.876. The molecule has 0 bridgehead atoms. The zero-order valence-corrected chi connectivity index (χ0v) is 12.3. The Morgan fingerprint density at radius 3 is 2.79 bits per heavy atom. The third kappa shape index (κ3) is 3.24. The molecule has 0 fully saturated rings. The molecule has 1 aromatic heterocycles. The van der Waals surface area contributed by atoms with E-state index < -0.39 is 5.97 Å². The van der Waals surface area contributed by atoms with Crippen LogP contribution in [0.3, 0.4) is 0 Å². The van der Waals surface area contributed by atoms with Crippen LogP contribution in [0.15, 0.2) is 34.9 Å². The molecule has 2 rings (SSSR count). The first-order chi connectivity index (χ1) is 8.97. The summed E-state index contributed by atoms with van der Waals surface area (Å²) in [6, 6.07) is 6.99. The molecule has 19 heavy (non-hydrogen) atoms. The summed E-state index contributed by atoms with van der Waals surface area (Å²) in [5, 5.41) is 12.7. The number of hydrogen-bond acceptors (Lipinski definition) is 3. The fourth-order valence-corrected chi connectivity index (χ4v) is 1.99. The molecule has 98 valence electrons. The summed E-state index contributed by atoms with van der Waals surface area (Å²) in [6.07, 6.45) is 1.33. The van der Waals surface area contributed by atoms with Gasteiger partial charge in [0, 0.05) is 22.1 Å². The minimum Gasteiger partial charge on any atom is -0.478 e. The first kappa shape index (κ1) is 13.8. The lowest BCUT2D eigenvalue weighted by Gasteiger charge is -2.10. The van der Waals surface area contributed by atoms with E-state index in [1.54, 1.807) is 31.2 Å². The topological polar surface area (TPSA) is 62.2 Å². The van der Waals surface area contributed by atoms with Crippen molar-refractivity contribution in [3.63, 3.8) is 0 Å². The van der Waals surface area contributed by atoms with Crippen LogP contribution in [0.2, 0.25) is 5.02 Å². The molecule has 0 saturated heterocycles. The van der Waals surface area contributed by atoms with Crippen molar-refractivity contribution in [2.75, 3.05) is 5.32 Å². The van der Waals surface area contributed by atoms with Gasteiger partial charge in [-0.1, -0.05) is 11.6 Å². The Morgan fingerprint density at radius 2 is 2.16 bits per heavy atom. The Labute approximate surface area is 123 Å². The number of rotatable bonds is 3. The number of nitrogens with zero attached hydrogens (tertiary/aromatic N) is 1. The molecule has 0 aliphatic carbocycles. The molecule has 1 aromatic carbocycles. The van der Waals surface area contributed by atoms with Gasteiger partial charge in [-0.05, 0) is 47.1 Å². The molecular formula is C13H10BrClN2O2. The smallest absolute Gasteiger partial charge is 0.339 e. The van der Waals surface area contributed by atoms with E-state index in [0.717, 1.165) is 10.2 Å². The maximum atomic E-state index is 11.1. The normalized spacial score (nSPS) is 10.3. The second kappa shape index (κ2) is 5.59. The summed E-state index contributed by atoms with van der Waals surface area (Å²) < 4.78 is 0.782. The van der Waals surface area contributed by atoms with Crippen molar-refractivity contribution >= 4 is 44.9 Å². The van der Waals surface area contributed by atoms with Crippen molar-refractivity contribution in [2.24, 2.45) is 0 Å². The highest BCUT2D eigenvalue weighted by molar-refractivity contribution is 9.10. The summed E-state index contributed by atoms with van der Waals surface area (Å²) in [7, 11) is 0. The van der Waals surface area contributed by atoms with Gasteiger partial charge in [0.15, 0.2) is 0 Å². The van der Waals surface area contributed by atoms with Gasteiger partial charge >= 0.3 is 5.97 Å². The molecule has 0 unspecified atom stereocenters. The van der Waals surface area contributed by atoms with Gasteiger partial charge in [-0.25, -0.2) is 4.79 Å². The Kier molecular flexibility index (Phi) is 4.07. The second-order valence-electron chi connectivity index (χ2n) is 3.93. The van der Waals surface area contributed by atoms with Gasteiger partial charge < -0.3 is 10.4 Å². The summed E-state index contributed by atoms with van der Waals surface area (Å²) in [4.78, 5) is 15.1. The second-order valence-corrected chi connectivity index (χ2v) is 5.19. The largest absolute Gasteiger partial charge is 0.478 e. The third-order valence-electron chi connectivity index (χ3n) is 2.47. The van der Waals surface area contributed by atoms with E-state index in [2.05, 4.69) is 26.2 Å². The number of pyridine rings is 1. The first-order valence-electron chi connectivity index (χ1n) is 5.39. The lowest BCUT2D eigenvalue weighted by atomic mass is 10.2. The molecule has 0 amide bonds. The lowest BCUT2D eigenvalue weighted by molar-refractivity contribution is 0.0697.